The molecule has 0 aliphatic heterocycles. The summed E-state index contributed by atoms with van der Waals surface area (Å²) in [5.74, 6) is 0.524. The molecule has 0 spiro atoms. The van der Waals surface area contributed by atoms with Crippen molar-refractivity contribution < 1.29 is 4.39 Å². The second-order valence-corrected chi connectivity index (χ2v) is 3.71. The van der Waals surface area contributed by atoms with Crippen molar-refractivity contribution in [2.45, 2.75) is 19.8 Å². The zero-order chi connectivity index (χ0) is 9.26. The number of rotatable bonds is 1. The third kappa shape index (κ3) is 1.80. The third-order valence-corrected chi connectivity index (χ3v) is 2.57. The van der Waals surface area contributed by atoms with Gasteiger partial charge in [0, 0.05) is 0 Å². The highest BCUT2D eigenvalue weighted by molar-refractivity contribution is 5.67. The third-order valence-electron chi connectivity index (χ3n) is 2.57. The summed E-state index contributed by atoms with van der Waals surface area (Å²) in [5, 5.41) is 0. The first-order chi connectivity index (χ1) is 6.25. The van der Waals surface area contributed by atoms with E-state index in [9.17, 15) is 4.39 Å². The summed E-state index contributed by atoms with van der Waals surface area (Å²) in [6, 6.07) is 6.77. The maximum Gasteiger partial charge on any atom is 0.123 e. The van der Waals surface area contributed by atoms with Crippen LogP contribution in [-0.4, -0.2) is 0 Å². The summed E-state index contributed by atoms with van der Waals surface area (Å²) in [7, 11) is 0. The molecular weight excluding hydrogens is 163 g/mol. The second kappa shape index (κ2) is 3.33. The van der Waals surface area contributed by atoms with Crippen LogP contribution < -0.4 is 0 Å². The van der Waals surface area contributed by atoms with Crippen LogP contribution in [0.1, 0.15) is 25.3 Å². The van der Waals surface area contributed by atoms with E-state index < -0.39 is 0 Å². The van der Waals surface area contributed by atoms with Gasteiger partial charge in [-0.15, -0.1) is 0 Å². The Balaban J connectivity index is 2.26. The van der Waals surface area contributed by atoms with E-state index in [1.54, 1.807) is 0 Å². The summed E-state index contributed by atoms with van der Waals surface area (Å²) >= 11 is 0. The Morgan fingerprint density at radius 3 is 2.46 bits per heavy atom. The van der Waals surface area contributed by atoms with Gasteiger partial charge in [0.05, 0.1) is 0 Å². The van der Waals surface area contributed by atoms with Gasteiger partial charge in [-0.3, -0.25) is 0 Å². The Labute approximate surface area is 78.1 Å². The monoisotopic (exact) mass is 176 g/mol. The van der Waals surface area contributed by atoms with Crippen molar-refractivity contribution >= 4 is 5.57 Å². The summed E-state index contributed by atoms with van der Waals surface area (Å²) in [6.45, 7) is 2.22. The molecule has 0 nitrogen and oxygen atoms in total. The van der Waals surface area contributed by atoms with E-state index in [0.29, 0.717) is 5.92 Å². The van der Waals surface area contributed by atoms with Gasteiger partial charge in [-0.25, -0.2) is 4.39 Å². The van der Waals surface area contributed by atoms with Gasteiger partial charge >= 0.3 is 0 Å². The molecule has 0 fully saturated rings. The molecule has 1 heteroatoms. The van der Waals surface area contributed by atoms with E-state index in [2.05, 4.69) is 13.0 Å². The van der Waals surface area contributed by atoms with Gasteiger partial charge in [0.25, 0.3) is 0 Å². The molecule has 13 heavy (non-hydrogen) atoms. The first kappa shape index (κ1) is 8.49. The largest absolute Gasteiger partial charge is 0.207 e. The molecule has 1 aromatic rings. The van der Waals surface area contributed by atoms with Crippen molar-refractivity contribution in [2.24, 2.45) is 5.92 Å². The number of hydrogen-bond donors (Lipinski definition) is 0. The highest BCUT2D eigenvalue weighted by Crippen LogP contribution is 2.30. The molecule has 1 unspecified atom stereocenters. The van der Waals surface area contributed by atoms with Gasteiger partial charge in [-0.2, -0.15) is 0 Å². The first-order valence-corrected chi connectivity index (χ1v) is 4.72. The van der Waals surface area contributed by atoms with Gasteiger partial charge < -0.3 is 0 Å². The van der Waals surface area contributed by atoms with Crippen LogP contribution in [0.25, 0.3) is 5.57 Å². The molecule has 0 N–H and O–H groups in total. The second-order valence-electron chi connectivity index (χ2n) is 3.71. The Morgan fingerprint density at radius 2 is 1.92 bits per heavy atom. The van der Waals surface area contributed by atoms with E-state index in [4.69, 9.17) is 0 Å². The molecule has 0 amide bonds. The molecule has 0 saturated heterocycles. The fourth-order valence-corrected chi connectivity index (χ4v) is 1.80. The van der Waals surface area contributed by atoms with Crippen LogP contribution in [0, 0.1) is 11.7 Å². The van der Waals surface area contributed by atoms with Gasteiger partial charge in [-0.1, -0.05) is 25.1 Å². The van der Waals surface area contributed by atoms with Crippen molar-refractivity contribution in [1.29, 1.82) is 0 Å². The van der Waals surface area contributed by atoms with Crippen LogP contribution in [0.5, 0.6) is 0 Å². The highest BCUT2D eigenvalue weighted by atomic mass is 19.1. The van der Waals surface area contributed by atoms with Crippen molar-refractivity contribution in [3.8, 4) is 0 Å². The molecule has 1 aromatic carbocycles. The molecule has 0 aromatic heterocycles. The molecule has 2 rings (SSSR count). The molecule has 0 bridgehead atoms. The topological polar surface area (TPSA) is 0 Å². The lowest BCUT2D eigenvalue weighted by atomic mass is 10.1. The van der Waals surface area contributed by atoms with Crippen molar-refractivity contribution in [3.05, 3.63) is 41.7 Å². The zero-order valence-corrected chi connectivity index (χ0v) is 7.76. The smallest absolute Gasteiger partial charge is 0.123 e. The van der Waals surface area contributed by atoms with Crippen LogP contribution in [0.4, 0.5) is 4.39 Å². The zero-order valence-electron chi connectivity index (χ0n) is 7.76. The van der Waals surface area contributed by atoms with Crippen molar-refractivity contribution in [1.82, 2.24) is 0 Å². The number of halogens is 1. The fourth-order valence-electron chi connectivity index (χ4n) is 1.80. The Hall–Kier alpha value is -1.11. The maximum atomic E-state index is 12.6. The molecule has 0 saturated carbocycles. The van der Waals surface area contributed by atoms with E-state index >= 15 is 0 Å². The average molecular weight is 176 g/mol. The first-order valence-electron chi connectivity index (χ1n) is 4.72. The Kier molecular flexibility index (Phi) is 2.17. The summed E-state index contributed by atoms with van der Waals surface area (Å²) in [5.41, 5.74) is 2.54. The van der Waals surface area contributed by atoms with E-state index in [-0.39, 0.29) is 5.82 Å². The van der Waals surface area contributed by atoms with Crippen LogP contribution >= 0.6 is 0 Å². The molecule has 1 aliphatic rings. The quantitative estimate of drug-likeness (QED) is 0.612. The molecule has 1 atom stereocenters. The van der Waals surface area contributed by atoms with Crippen LogP contribution in [0.3, 0.4) is 0 Å². The predicted molar refractivity (Wildman–Crippen MR) is 52.8 cm³/mol. The number of hydrogen-bond acceptors (Lipinski definition) is 0. The summed E-state index contributed by atoms with van der Waals surface area (Å²) in [4.78, 5) is 0. The van der Waals surface area contributed by atoms with Gasteiger partial charge in [0.1, 0.15) is 5.82 Å². The van der Waals surface area contributed by atoms with E-state index in [1.807, 2.05) is 12.1 Å². The lowest BCUT2D eigenvalue weighted by Gasteiger charge is -2.00. The number of allylic oxidation sites excluding steroid dienone is 2. The summed E-state index contributed by atoms with van der Waals surface area (Å²) in [6.07, 6.45) is 4.65. The Morgan fingerprint density at radius 1 is 1.23 bits per heavy atom. The maximum absolute atomic E-state index is 12.6. The van der Waals surface area contributed by atoms with Crippen LogP contribution in [0.2, 0.25) is 0 Å². The summed E-state index contributed by atoms with van der Waals surface area (Å²) < 4.78 is 12.6. The lowest BCUT2D eigenvalue weighted by molar-refractivity contribution is 0.627. The normalized spacial score (nSPS) is 21.7. The predicted octanol–water partition coefficient (Wildman–Crippen LogP) is 3.64. The van der Waals surface area contributed by atoms with Gasteiger partial charge in [-0.05, 0) is 42.0 Å². The fraction of sp³-hybridized carbons (Fsp3) is 0.333. The molecule has 68 valence electrons. The number of benzene rings is 1. The Bertz CT molecular complexity index is 321. The minimum atomic E-state index is -0.157. The van der Waals surface area contributed by atoms with E-state index in [0.717, 1.165) is 6.42 Å². The standard InChI is InChI=1S/C12H13F/c1-9-2-3-11(8-9)10-4-6-12(13)7-5-10/h4-9H,2-3H2,1H3. The van der Waals surface area contributed by atoms with Crippen LogP contribution in [-0.2, 0) is 0 Å². The van der Waals surface area contributed by atoms with Gasteiger partial charge in [0.15, 0.2) is 0 Å². The lowest BCUT2D eigenvalue weighted by Crippen LogP contribution is -1.80. The molecule has 1 aliphatic carbocycles. The minimum absolute atomic E-state index is 0.157. The minimum Gasteiger partial charge on any atom is -0.207 e. The molecule has 0 heterocycles. The molecule has 0 radical (unpaired) electrons. The van der Waals surface area contributed by atoms with Crippen molar-refractivity contribution in [2.75, 3.05) is 0 Å². The van der Waals surface area contributed by atoms with Crippen molar-refractivity contribution in [3.63, 3.8) is 0 Å². The van der Waals surface area contributed by atoms with Crippen LogP contribution in [0.15, 0.2) is 30.3 Å². The van der Waals surface area contributed by atoms with E-state index in [1.165, 1.54) is 29.7 Å². The van der Waals surface area contributed by atoms with Gasteiger partial charge in [0.2, 0.25) is 0 Å². The highest BCUT2D eigenvalue weighted by Gasteiger charge is 2.12. The molecular formula is C12H13F. The average Bonchev–Trinajstić information content (AvgIpc) is 2.53. The SMILES string of the molecule is CC1C=C(c2ccc(F)cc2)CC1.